The Morgan fingerprint density at radius 3 is 2.54 bits per heavy atom. The fraction of sp³-hybridized carbons (Fsp3) is 0.632. The van der Waals surface area contributed by atoms with E-state index in [4.69, 9.17) is 0 Å². The van der Waals surface area contributed by atoms with E-state index in [-0.39, 0.29) is 0 Å². The minimum atomic E-state index is 0.939. The van der Waals surface area contributed by atoms with Gasteiger partial charge in [0.05, 0.1) is 0 Å². The van der Waals surface area contributed by atoms with Crippen LogP contribution in [0.1, 0.15) is 18.1 Å². The molecule has 0 spiro atoms. The molecule has 1 fully saturated rings. The highest BCUT2D eigenvalue weighted by Gasteiger charge is 2.20. The van der Waals surface area contributed by atoms with Crippen LogP contribution in [0.25, 0.3) is 0 Å². The number of nitrogens with zero attached hydrogens (tertiary/aromatic N) is 4. The number of hydrogen-bond donors (Lipinski definition) is 1. The average Bonchev–Trinajstić information content (AvgIpc) is 2.61. The molecule has 134 valence electrons. The highest BCUT2D eigenvalue weighted by Crippen LogP contribution is 2.23. The molecule has 0 bridgehead atoms. The lowest BCUT2D eigenvalue weighted by Gasteiger charge is -2.38. The molecule has 5 nitrogen and oxygen atoms in total. The molecule has 1 heterocycles. The summed E-state index contributed by atoms with van der Waals surface area (Å²) in [6, 6.07) is 6.59. The predicted molar refractivity (Wildman–Crippen MR) is 104 cm³/mol. The molecule has 0 saturated carbocycles. The van der Waals surface area contributed by atoms with Gasteiger partial charge >= 0.3 is 0 Å². The minimum Gasteiger partial charge on any atom is -0.368 e. The zero-order valence-corrected chi connectivity index (χ0v) is 16.0. The van der Waals surface area contributed by atoms with Crippen LogP contribution in [-0.2, 0) is 0 Å². The van der Waals surface area contributed by atoms with Gasteiger partial charge in [-0.05, 0) is 44.6 Å². The van der Waals surface area contributed by atoms with Crippen LogP contribution in [0.3, 0.4) is 0 Å². The van der Waals surface area contributed by atoms with E-state index in [0.29, 0.717) is 0 Å². The molecule has 1 aliphatic rings. The molecular formula is C19H33N5. The molecule has 1 N–H and O–H groups in total. The third kappa shape index (κ3) is 4.63. The zero-order valence-electron chi connectivity index (χ0n) is 16.0. The second-order valence-corrected chi connectivity index (χ2v) is 6.56. The van der Waals surface area contributed by atoms with Gasteiger partial charge in [-0.1, -0.05) is 19.1 Å². The van der Waals surface area contributed by atoms with Crippen molar-refractivity contribution in [2.24, 2.45) is 4.99 Å². The summed E-state index contributed by atoms with van der Waals surface area (Å²) in [5.41, 5.74) is 4.14. The van der Waals surface area contributed by atoms with Gasteiger partial charge in [-0.15, -0.1) is 0 Å². The smallest absolute Gasteiger partial charge is 0.193 e. The van der Waals surface area contributed by atoms with E-state index >= 15 is 0 Å². The number of aryl methyl sites for hydroxylation is 1. The number of anilines is 1. The van der Waals surface area contributed by atoms with Crippen molar-refractivity contribution in [3.05, 3.63) is 29.3 Å². The number of aliphatic imine (C=N–C) groups is 1. The molecule has 0 unspecified atom stereocenters. The number of likely N-dealkylation sites (N-methyl/N-ethyl adjacent to an activating group) is 1. The van der Waals surface area contributed by atoms with E-state index in [0.717, 1.165) is 51.8 Å². The standard InChI is InChI=1S/C19H33N5/c1-6-22(5)11-10-21-19(20-4)24-14-12-23(13-15-24)18-9-7-8-16(2)17(18)3/h7-9H,6,10-15H2,1-5H3,(H,20,21). The average molecular weight is 332 g/mol. The fourth-order valence-electron chi connectivity index (χ4n) is 3.09. The van der Waals surface area contributed by atoms with E-state index in [1.165, 1.54) is 16.8 Å². The Bertz CT molecular complexity index is 547. The monoisotopic (exact) mass is 331 g/mol. The van der Waals surface area contributed by atoms with Crippen molar-refractivity contribution in [1.29, 1.82) is 0 Å². The van der Waals surface area contributed by atoms with Gasteiger partial charge in [0, 0.05) is 52.0 Å². The maximum absolute atomic E-state index is 4.46. The molecule has 0 atom stereocenters. The zero-order chi connectivity index (χ0) is 17.5. The number of benzene rings is 1. The Kier molecular flexibility index (Phi) is 6.91. The van der Waals surface area contributed by atoms with Crippen LogP contribution in [0.15, 0.2) is 23.2 Å². The Morgan fingerprint density at radius 1 is 1.21 bits per heavy atom. The number of guanidine groups is 1. The van der Waals surface area contributed by atoms with Crippen LogP contribution in [0.4, 0.5) is 5.69 Å². The fourth-order valence-corrected chi connectivity index (χ4v) is 3.09. The molecule has 1 aromatic rings. The molecule has 0 aromatic heterocycles. The van der Waals surface area contributed by atoms with Crippen LogP contribution >= 0.6 is 0 Å². The van der Waals surface area contributed by atoms with Crippen LogP contribution in [-0.4, -0.2) is 75.7 Å². The third-order valence-electron chi connectivity index (χ3n) is 5.02. The topological polar surface area (TPSA) is 34.1 Å². The van der Waals surface area contributed by atoms with Gasteiger partial charge in [0.1, 0.15) is 0 Å². The second-order valence-electron chi connectivity index (χ2n) is 6.56. The lowest BCUT2D eigenvalue weighted by atomic mass is 10.1. The first kappa shape index (κ1) is 18.6. The van der Waals surface area contributed by atoms with Crippen molar-refractivity contribution in [3.63, 3.8) is 0 Å². The van der Waals surface area contributed by atoms with Crippen LogP contribution < -0.4 is 10.2 Å². The summed E-state index contributed by atoms with van der Waals surface area (Å²) in [5, 5.41) is 3.50. The number of rotatable bonds is 5. The molecule has 0 radical (unpaired) electrons. The maximum atomic E-state index is 4.46. The largest absolute Gasteiger partial charge is 0.368 e. The molecule has 1 aliphatic heterocycles. The first-order valence-electron chi connectivity index (χ1n) is 9.02. The highest BCUT2D eigenvalue weighted by molar-refractivity contribution is 5.80. The Morgan fingerprint density at radius 2 is 1.92 bits per heavy atom. The second kappa shape index (κ2) is 8.92. The number of piperazine rings is 1. The molecule has 2 rings (SSSR count). The van der Waals surface area contributed by atoms with Crippen LogP contribution in [0.5, 0.6) is 0 Å². The van der Waals surface area contributed by atoms with Crippen molar-refractivity contribution < 1.29 is 0 Å². The molecule has 5 heteroatoms. The van der Waals surface area contributed by atoms with E-state index < -0.39 is 0 Å². The van der Waals surface area contributed by atoms with Crippen LogP contribution in [0, 0.1) is 13.8 Å². The molecule has 0 amide bonds. The summed E-state index contributed by atoms with van der Waals surface area (Å²) >= 11 is 0. The van der Waals surface area contributed by atoms with Crippen LogP contribution in [0.2, 0.25) is 0 Å². The molecule has 24 heavy (non-hydrogen) atoms. The summed E-state index contributed by atoms with van der Waals surface area (Å²) < 4.78 is 0. The Labute approximate surface area is 147 Å². The van der Waals surface area contributed by atoms with Gasteiger partial charge in [0.2, 0.25) is 0 Å². The molecular weight excluding hydrogens is 298 g/mol. The van der Waals surface area contributed by atoms with Crippen molar-refractivity contribution >= 4 is 11.6 Å². The minimum absolute atomic E-state index is 0.939. The van der Waals surface area contributed by atoms with Gasteiger partial charge < -0.3 is 20.0 Å². The summed E-state index contributed by atoms with van der Waals surface area (Å²) in [6.07, 6.45) is 0. The van der Waals surface area contributed by atoms with E-state index in [9.17, 15) is 0 Å². The number of hydrogen-bond acceptors (Lipinski definition) is 3. The predicted octanol–water partition coefficient (Wildman–Crippen LogP) is 1.95. The van der Waals surface area contributed by atoms with E-state index in [1.807, 2.05) is 7.05 Å². The number of nitrogens with one attached hydrogen (secondary N) is 1. The van der Waals surface area contributed by atoms with Crippen molar-refractivity contribution in [3.8, 4) is 0 Å². The normalized spacial score (nSPS) is 16.0. The maximum Gasteiger partial charge on any atom is 0.193 e. The van der Waals surface area contributed by atoms with E-state index in [1.54, 1.807) is 0 Å². The molecule has 0 aliphatic carbocycles. The summed E-state index contributed by atoms with van der Waals surface area (Å²) in [7, 11) is 4.02. The Hall–Kier alpha value is -1.75. The molecule has 1 saturated heterocycles. The first-order valence-corrected chi connectivity index (χ1v) is 9.02. The van der Waals surface area contributed by atoms with E-state index in [2.05, 4.69) is 71.0 Å². The summed E-state index contributed by atoms with van der Waals surface area (Å²) in [6.45, 7) is 13.8. The van der Waals surface area contributed by atoms with Gasteiger partial charge in [-0.2, -0.15) is 0 Å². The highest BCUT2D eigenvalue weighted by atomic mass is 15.3. The lowest BCUT2D eigenvalue weighted by molar-refractivity contribution is 0.344. The van der Waals surface area contributed by atoms with Gasteiger partial charge in [-0.3, -0.25) is 4.99 Å². The van der Waals surface area contributed by atoms with Crippen molar-refractivity contribution in [2.75, 3.05) is 64.8 Å². The summed E-state index contributed by atoms with van der Waals surface area (Å²) in [4.78, 5) is 11.6. The van der Waals surface area contributed by atoms with Crippen molar-refractivity contribution in [2.45, 2.75) is 20.8 Å². The first-order chi connectivity index (χ1) is 11.6. The third-order valence-corrected chi connectivity index (χ3v) is 5.02. The lowest BCUT2D eigenvalue weighted by Crippen LogP contribution is -2.53. The SMILES string of the molecule is CCN(C)CCNC(=NC)N1CCN(c2cccc(C)c2C)CC1. The quantitative estimate of drug-likeness (QED) is 0.661. The van der Waals surface area contributed by atoms with Gasteiger partial charge in [-0.25, -0.2) is 0 Å². The van der Waals surface area contributed by atoms with Crippen molar-refractivity contribution in [1.82, 2.24) is 15.1 Å². The van der Waals surface area contributed by atoms with Gasteiger partial charge in [0.25, 0.3) is 0 Å². The Balaban J connectivity index is 1.88. The summed E-state index contributed by atoms with van der Waals surface area (Å²) in [5.74, 6) is 1.03. The molecule has 1 aromatic carbocycles. The van der Waals surface area contributed by atoms with Gasteiger partial charge in [0.15, 0.2) is 5.96 Å².